The van der Waals surface area contributed by atoms with E-state index in [1.165, 1.54) is 17.6 Å². The van der Waals surface area contributed by atoms with Gasteiger partial charge < -0.3 is 15.0 Å². The Balaban J connectivity index is 1.48. The minimum absolute atomic E-state index is 0.0668. The molecule has 0 aromatic heterocycles. The number of amides is 1. The highest BCUT2D eigenvalue weighted by Crippen LogP contribution is 2.17. The van der Waals surface area contributed by atoms with E-state index in [2.05, 4.69) is 29.6 Å². The predicted octanol–water partition coefficient (Wildman–Crippen LogP) is 1.95. The molecular formula is C22H27N2O3+. The van der Waals surface area contributed by atoms with E-state index in [9.17, 15) is 9.59 Å². The van der Waals surface area contributed by atoms with Crippen molar-refractivity contribution in [1.82, 2.24) is 0 Å². The predicted molar refractivity (Wildman–Crippen MR) is 105 cm³/mol. The SMILES string of the molecule is COC(=O)c1ccccc1NC(=O)C[NH+]1CCC(Cc2ccccc2)CC1. The van der Waals surface area contributed by atoms with Crippen LogP contribution in [0.15, 0.2) is 54.6 Å². The van der Waals surface area contributed by atoms with Gasteiger partial charge in [0.05, 0.1) is 31.5 Å². The van der Waals surface area contributed by atoms with Gasteiger partial charge in [-0.2, -0.15) is 0 Å². The fourth-order valence-electron chi connectivity index (χ4n) is 3.72. The molecule has 0 atom stereocenters. The number of quaternary nitrogens is 1. The Kier molecular flexibility index (Phi) is 6.60. The van der Waals surface area contributed by atoms with Crippen molar-refractivity contribution in [2.45, 2.75) is 19.3 Å². The van der Waals surface area contributed by atoms with E-state index in [1.54, 1.807) is 24.3 Å². The Morgan fingerprint density at radius 2 is 1.70 bits per heavy atom. The Morgan fingerprint density at radius 3 is 2.41 bits per heavy atom. The van der Waals surface area contributed by atoms with Crippen LogP contribution in [0.3, 0.4) is 0 Å². The number of esters is 1. The maximum Gasteiger partial charge on any atom is 0.339 e. The molecule has 1 aliphatic heterocycles. The highest BCUT2D eigenvalue weighted by Gasteiger charge is 2.24. The minimum atomic E-state index is -0.444. The number of para-hydroxylation sites is 1. The average Bonchev–Trinajstić information content (AvgIpc) is 2.70. The molecular weight excluding hydrogens is 340 g/mol. The summed E-state index contributed by atoms with van der Waals surface area (Å²) in [6, 6.07) is 17.5. The molecule has 1 heterocycles. The molecule has 1 aliphatic rings. The van der Waals surface area contributed by atoms with Crippen LogP contribution in [0.25, 0.3) is 0 Å². The summed E-state index contributed by atoms with van der Waals surface area (Å²) in [5.41, 5.74) is 2.28. The molecule has 5 nitrogen and oxygen atoms in total. The quantitative estimate of drug-likeness (QED) is 0.768. The number of nitrogens with one attached hydrogen (secondary N) is 2. The summed E-state index contributed by atoms with van der Waals surface area (Å²) in [5.74, 6) is 0.182. The number of piperidine rings is 1. The van der Waals surface area contributed by atoms with Gasteiger partial charge in [0.1, 0.15) is 0 Å². The summed E-state index contributed by atoms with van der Waals surface area (Å²) in [4.78, 5) is 25.5. The maximum absolute atomic E-state index is 12.4. The molecule has 0 spiro atoms. The van der Waals surface area contributed by atoms with Crippen LogP contribution in [0, 0.1) is 5.92 Å². The van der Waals surface area contributed by atoms with Crippen LogP contribution in [-0.2, 0) is 16.0 Å². The summed E-state index contributed by atoms with van der Waals surface area (Å²) in [7, 11) is 1.34. The molecule has 3 rings (SSSR count). The van der Waals surface area contributed by atoms with Gasteiger partial charge in [-0.25, -0.2) is 4.79 Å². The van der Waals surface area contributed by atoms with Crippen molar-refractivity contribution in [3.63, 3.8) is 0 Å². The van der Waals surface area contributed by atoms with E-state index < -0.39 is 5.97 Å². The number of anilines is 1. The van der Waals surface area contributed by atoms with Crippen molar-refractivity contribution >= 4 is 17.6 Å². The number of ether oxygens (including phenoxy) is 1. The van der Waals surface area contributed by atoms with Crippen molar-refractivity contribution < 1.29 is 19.2 Å². The van der Waals surface area contributed by atoms with Gasteiger partial charge in [0, 0.05) is 0 Å². The first-order valence-corrected chi connectivity index (χ1v) is 9.50. The third kappa shape index (κ3) is 5.41. The van der Waals surface area contributed by atoms with E-state index in [4.69, 9.17) is 4.74 Å². The van der Waals surface area contributed by atoms with Crippen molar-refractivity contribution in [1.29, 1.82) is 0 Å². The normalized spacial score (nSPS) is 19.3. The lowest BCUT2D eigenvalue weighted by molar-refractivity contribution is -0.898. The lowest BCUT2D eigenvalue weighted by Crippen LogP contribution is -3.14. The van der Waals surface area contributed by atoms with Gasteiger partial charge in [-0.15, -0.1) is 0 Å². The fraction of sp³-hybridized carbons (Fsp3) is 0.364. The Hall–Kier alpha value is -2.66. The lowest BCUT2D eigenvalue weighted by atomic mass is 9.90. The van der Waals surface area contributed by atoms with Gasteiger partial charge >= 0.3 is 5.97 Å². The largest absolute Gasteiger partial charge is 0.465 e. The summed E-state index contributed by atoms with van der Waals surface area (Å²) in [6.45, 7) is 2.43. The molecule has 0 bridgehead atoms. The second kappa shape index (κ2) is 9.33. The topological polar surface area (TPSA) is 59.8 Å². The molecule has 142 valence electrons. The first-order valence-electron chi connectivity index (χ1n) is 9.50. The second-order valence-electron chi connectivity index (χ2n) is 7.15. The molecule has 5 heteroatoms. The fourth-order valence-corrected chi connectivity index (χ4v) is 3.72. The zero-order valence-corrected chi connectivity index (χ0v) is 15.7. The zero-order valence-electron chi connectivity index (χ0n) is 15.7. The third-order valence-corrected chi connectivity index (χ3v) is 5.20. The van der Waals surface area contributed by atoms with Crippen molar-refractivity contribution in [3.05, 3.63) is 65.7 Å². The Morgan fingerprint density at radius 1 is 1.04 bits per heavy atom. The summed E-state index contributed by atoms with van der Waals surface area (Å²) < 4.78 is 4.77. The zero-order chi connectivity index (χ0) is 19.1. The van der Waals surface area contributed by atoms with Crippen LogP contribution < -0.4 is 10.2 Å². The Labute approximate surface area is 160 Å². The molecule has 0 unspecified atom stereocenters. The molecule has 0 radical (unpaired) electrons. The summed E-state index contributed by atoms with van der Waals surface area (Å²) in [6.07, 6.45) is 3.39. The number of carbonyl (C=O) groups is 2. The molecule has 2 N–H and O–H groups in total. The molecule has 27 heavy (non-hydrogen) atoms. The Bertz CT molecular complexity index is 768. The summed E-state index contributed by atoms with van der Waals surface area (Å²) in [5, 5.41) is 2.86. The lowest BCUT2D eigenvalue weighted by Gasteiger charge is -2.29. The smallest absolute Gasteiger partial charge is 0.339 e. The standard InChI is InChI=1S/C22H26N2O3/c1-27-22(26)19-9-5-6-10-20(19)23-21(25)16-24-13-11-18(12-14-24)15-17-7-3-2-4-8-17/h2-10,18H,11-16H2,1H3,(H,23,25)/p+1. The summed E-state index contributed by atoms with van der Waals surface area (Å²) >= 11 is 0. The van der Waals surface area contributed by atoms with Crippen molar-refractivity contribution in [2.24, 2.45) is 5.92 Å². The third-order valence-electron chi connectivity index (χ3n) is 5.20. The van der Waals surface area contributed by atoms with E-state index in [0.29, 0.717) is 23.7 Å². The number of rotatable bonds is 6. The molecule has 2 aromatic carbocycles. The van der Waals surface area contributed by atoms with Crippen LogP contribution in [0.2, 0.25) is 0 Å². The van der Waals surface area contributed by atoms with Crippen molar-refractivity contribution in [2.75, 3.05) is 32.1 Å². The number of benzene rings is 2. The van der Waals surface area contributed by atoms with Gasteiger partial charge in [-0.1, -0.05) is 42.5 Å². The van der Waals surface area contributed by atoms with Crippen LogP contribution in [0.1, 0.15) is 28.8 Å². The molecule has 0 aliphatic carbocycles. The molecule has 1 amide bonds. The van der Waals surface area contributed by atoms with E-state index in [0.717, 1.165) is 32.4 Å². The van der Waals surface area contributed by atoms with E-state index in [1.807, 2.05) is 6.07 Å². The second-order valence-corrected chi connectivity index (χ2v) is 7.15. The number of carbonyl (C=O) groups excluding carboxylic acids is 2. The molecule has 1 fully saturated rings. The number of methoxy groups -OCH3 is 1. The van der Waals surface area contributed by atoms with Crippen LogP contribution in [0.4, 0.5) is 5.69 Å². The number of likely N-dealkylation sites (tertiary alicyclic amines) is 1. The monoisotopic (exact) mass is 367 g/mol. The van der Waals surface area contributed by atoms with Crippen LogP contribution in [0.5, 0.6) is 0 Å². The molecule has 1 saturated heterocycles. The van der Waals surface area contributed by atoms with Crippen LogP contribution in [-0.4, -0.2) is 38.6 Å². The van der Waals surface area contributed by atoms with Gasteiger partial charge in [0.15, 0.2) is 6.54 Å². The average molecular weight is 367 g/mol. The minimum Gasteiger partial charge on any atom is -0.465 e. The molecule has 2 aromatic rings. The first kappa shape index (κ1) is 19.1. The van der Waals surface area contributed by atoms with Crippen molar-refractivity contribution in [3.8, 4) is 0 Å². The highest BCUT2D eigenvalue weighted by atomic mass is 16.5. The molecule has 0 saturated carbocycles. The van der Waals surface area contributed by atoms with Gasteiger partial charge in [-0.05, 0) is 42.9 Å². The van der Waals surface area contributed by atoms with Gasteiger partial charge in [-0.3, -0.25) is 4.79 Å². The highest BCUT2D eigenvalue weighted by molar-refractivity contribution is 6.01. The number of hydrogen-bond acceptors (Lipinski definition) is 3. The van der Waals surface area contributed by atoms with Gasteiger partial charge in [0.25, 0.3) is 5.91 Å². The van der Waals surface area contributed by atoms with Crippen LogP contribution >= 0.6 is 0 Å². The van der Waals surface area contributed by atoms with Gasteiger partial charge in [0.2, 0.25) is 0 Å². The maximum atomic E-state index is 12.4. The van der Waals surface area contributed by atoms with E-state index in [-0.39, 0.29) is 5.91 Å². The number of hydrogen-bond donors (Lipinski definition) is 2. The first-order chi connectivity index (χ1) is 13.2. The van der Waals surface area contributed by atoms with E-state index >= 15 is 0 Å².